The molecule has 24 heavy (non-hydrogen) atoms. The number of aliphatic carboxylic acids is 1. The third-order valence-corrected chi connectivity index (χ3v) is 4.37. The largest absolute Gasteiger partial charge is 0.481 e. The van der Waals surface area contributed by atoms with Crippen molar-refractivity contribution in [2.75, 3.05) is 43.1 Å². The van der Waals surface area contributed by atoms with E-state index in [0.717, 1.165) is 0 Å². The Morgan fingerprint density at radius 2 is 1.88 bits per heavy atom. The molecule has 1 aromatic rings. The van der Waals surface area contributed by atoms with Crippen LogP contribution in [0.5, 0.6) is 0 Å². The highest BCUT2D eigenvalue weighted by molar-refractivity contribution is 8.00. The molecule has 1 aromatic carbocycles. The van der Waals surface area contributed by atoms with Gasteiger partial charge in [0.1, 0.15) is 0 Å². The second-order valence-corrected chi connectivity index (χ2v) is 6.25. The van der Waals surface area contributed by atoms with Gasteiger partial charge >= 0.3 is 5.97 Å². The van der Waals surface area contributed by atoms with E-state index in [2.05, 4.69) is 5.32 Å². The molecule has 1 aliphatic heterocycles. The molecule has 0 saturated carbocycles. The standard InChI is InChI=1S/C16H20N2O5S/c19-14(10-24-11-15(20)18-5-7-23-8-6-18)17-13-4-2-1-3-12(13)9-16(21)22/h1-4H,5-11H2,(H,17,19)(H,21,22). The smallest absolute Gasteiger partial charge is 0.307 e. The number of nitrogens with one attached hydrogen (secondary N) is 1. The van der Waals surface area contributed by atoms with Gasteiger partial charge in [-0.1, -0.05) is 18.2 Å². The fourth-order valence-corrected chi connectivity index (χ4v) is 3.00. The van der Waals surface area contributed by atoms with Crippen molar-refractivity contribution in [3.05, 3.63) is 29.8 Å². The summed E-state index contributed by atoms with van der Waals surface area (Å²) in [7, 11) is 0. The Labute approximate surface area is 144 Å². The van der Waals surface area contributed by atoms with Gasteiger partial charge in [0.15, 0.2) is 0 Å². The van der Waals surface area contributed by atoms with Crippen LogP contribution in [0.25, 0.3) is 0 Å². The minimum atomic E-state index is -0.956. The van der Waals surface area contributed by atoms with E-state index in [1.165, 1.54) is 11.8 Å². The first-order chi connectivity index (χ1) is 11.6. The first kappa shape index (κ1) is 18.3. The van der Waals surface area contributed by atoms with Crippen LogP contribution in [0.15, 0.2) is 24.3 Å². The van der Waals surface area contributed by atoms with E-state index >= 15 is 0 Å². The van der Waals surface area contributed by atoms with Crippen LogP contribution in [0.3, 0.4) is 0 Å². The summed E-state index contributed by atoms with van der Waals surface area (Å²) in [5, 5.41) is 11.6. The summed E-state index contributed by atoms with van der Waals surface area (Å²) in [5.41, 5.74) is 1.04. The number of benzene rings is 1. The Balaban J connectivity index is 1.77. The molecule has 0 radical (unpaired) electrons. The van der Waals surface area contributed by atoms with Crippen LogP contribution < -0.4 is 5.32 Å². The number of rotatable bonds is 7. The van der Waals surface area contributed by atoms with Gasteiger partial charge in [-0.25, -0.2) is 0 Å². The van der Waals surface area contributed by atoms with E-state index < -0.39 is 5.97 Å². The predicted molar refractivity (Wildman–Crippen MR) is 91.1 cm³/mol. The molecule has 7 nitrogen and oxygen atoms in total. The molecule has 0 aliphatic carbocycles. The lowest BCUT2D eigenvalue weighted by Crippen LogP contribution is -2.41. The summed E-state index contributed by atoms with van der Waals surface area (Å²) in [4.78, 5) is 36.5. The Kier molecular flexibility index (Phi) is 7.07. The Bertz CT molecular complexity index is 602. The van der Waals surface area contributed by atoms with E-state index in [4.69, 9.17) is 9.84 Å². The number of carboxylic acid groups (broad SMARTS) is 1. The second kappa shape index (κ2) is 9.29. The summed E-state index contributed by atoms with van der Waals surface area (Å²) in [6.45, 7) is 2.29. The number of carboxylic acids is 1. The predicted octanol–water partition coefficient (Wildman–Crippen LogP) is 0.844. The molecule has 1 saturated heterocycles. The molecule has 130 valence electrons. The van der Waals surface area contributed by atoms with Gasteiger partial charge in [-0.15, -0.1) is 11.8 Å². The lowest BCUT2D eigenvalue weighted by molar-refractivity contribution is -0.136. The zero-order valence-corrected chi connectivity index (χ0v) is 14.0. The number of carbonyl (C=O) groups is 3. The molecule has 2 rings (SSSR count). The molecule has 1 heterocycles. The van der Waals surface area contributed by atoms with E-state index in [0.29, 0.717) is 37.6 Å². The highest BCUT2D eigenvalue weighted by Crippen LogP contribution is 2.16. The Hall–Kier alpha value is -2.06. The summed E-state index contributed by atoms with van der Waals surface area (Å²) in [6, 6.07) is 6.79. The number of hydrogen-bond acceptors (Lipinski definition) is 5. The topological polar surface area (TPSA) is 95.9 Å². The SMILES string of the molecule is O=C(O)Cc1ccccc1NC(=O)CSCC(=O)N1CCOCC1. The van der Waals surface area contributed by atoms with Crippen LogP contribution in [-0.2, 0) is 25.5 Å². The quantitative estimate of drug-likeness (QED) is 0.755. The maximum Gasteiger partial charge on any atom is 0.307 e. The molecule has 0 atom stereocenters. The second-order valence-electron chi connectivity index (χ2n) is 5.26. The summed E-state index contributed by atoms with van der Waals surface area (Å²) < 4.78 is 5.19. The number of hydrogen-bond donors (Lipinski definition) is 2. The molecule has 0 spiro atoms. The van der Waals surface area contributed by atoms with E-state index in [-0.39, 0.29) is 29.7 Å². The number of amides is 2. The van der Waals surface area contributed by atoms with Crippen LogP contribution in [0.1, 0.15) is 5.56 Å². The molecular formula is C16H20N2O5S. The fraction of sp³-hybridized carbons (Fsp3) is 0.438. The zero-order valence-electron chi connectivity index (χ0n) is 13.2. The van der Waals surface area contributed by atoms with Gasteiger partial charge in [-0.05, 0) is 11.6 Å². The van der Waals surface area contributed by atoms with Crippen molar-refractivity contribution in [1.29, 1.82) is 0 Å². The molecule has 1 fully saturated rings. The highest BCUT2D eigenvalue weighted by atomic mass is 32.2. The molecule has 2 N–H and O–H groups in total. The first-order valence-electron chi connectivity index (χ1n) is 7.59. The van der Waals surface area contributed by atoms with Crippen molar-refractivity contribution in [3.8, 4) is 0 Å². The van der Waals surface area contributed by atoms with Crippen molar-refractivity contribution in [2.24, 2.45) is 0 Å². The first-order valence-corrected chi connectivity index (χ1v) is 8.74. The van der Waals surface area contributed by atoms with Gasteiger partial charge in [0, 0.05) is 18.8 Å². The molecule has 0 bridgehead atoms. The maximum absolute atomic E-state index is 12.0. The Morgan fingerprint density at radius 1 is 1.17 bits per heavy atom. The fourth-order valence-electron chi connectivity index (χ4n) is 2.28. The van der Waals surface area contributed by atoms with E-state index in [1.54, 1.807) is 29.2 Å². The molecule has 1 aliphatic rings. The van der Waals surface area contributed by atoms with Gasteiger partial charge in [-0.2, -0.15) is 0 Å². The van der Waals surface area contributed by atoms with Gasteiger partial charge in [-0.3, -0.25) is 14.4 Å². The van der Waals surface area contributed by atoms with Crippen LogP contribution in [0.2, 0.25) is 0 Å². The van der Waals surface area contributed by atoms with E-state index in [9.17, 15) is 14.4 Å². The number of morpholine rings is 1. The normalized spacial score (nSPS) is 14.2. The number of anilines is 1. The van der Waals surface area contributed by atoms with Crippen molar-refractivity contribution in [1.82, 2.24) is 4.90 Å². The van der Waals surface area contributed by atoms with Crippen LogP contribution in [-0.4, -0.2) is 65.6 Å². The van der Waals surface area contributed by atoms with Crippen LogP contribution >= 0.6 is 11.8 Å². The van der Waals surface area contributed by atoms with Crippen molar-refractivity contribution < 1.29 is 24.2 Å². The molecular weight excluding hydrogens is 332 g/mol. The zero-order chi connectivity index (χ0) is 17.4. The number of thioether (sulfide) groups is 1. The number of ether oxygens (including phenoxy) is 1. The van der Waals surface area contributed by atoms with Gasteiger partial charge in [0.05, 0.1) is 31.1 Å². The monoisotopic (exact) mass is 352 g/mol. The van der Waals surface area contributed by atoms with Crippen molar-refractivity contribution in [3.63, 3.8) is 0 Å². The lowest BCUT2D eigenvalue weighted by Gasteiger charge is -2.26. The average Bonchev–Trinajstić information content (AvgIpc) is 2.57. The number of nitrogens with zero attached hydrogens (tertiary/aromatic N) is 1. The number of carbonyl (C=O) groups excluding carboxylic acids is 2. The minimum Gasteiger partial charge on any atom is -0.481 e. The van der Waals surface area contributed by atoms with Crippen LogP contribution in [0.4, 0.5) is 5.69 Å². The van der Waals surface area contributed by atoms with Crippen molar-refractivity contribution in [2.45, 2.75) is 6.42 Å². The minimum absolute atomic E-state index is 0.00220. The third kappa shape index (κ3) is 5.86. The summed E-state index contributed by atoms with van der Waals surface area (Å²) in [6.07, 6.45) is -0.154. The van der Waals surface area contributed by atoms with E-state index in [1.807, 2.05) is 0 Å². The highest BCUT2D eigenvalue weighted by Gasteiger charge is 2.17. The average molecular weight is 352 g/mol. The maximum atomic E-state index is 12.0. The lowest BCUT2D eigenvalue weighted by atomic mass is 10.1. The van der Waals surface area contributed by atoms with Crippen molar-refractivity contribution >= 4 is 35.2 Å². The summed E-state index contributed by atoms with van der Waals surface area (Å²) in [5.74, 6) is -0.834. The molecule has 0 aromatic heterocycles. The molecule has 8 heteroatoms. The van der Waals surface area contributed by atoms with Gasteiger partial charge < -0.3 is 20.1 Å². The van der Waals surface area contributed by atoms with Crippen LogP contribution in [0, 0.1) is 0 Å². The number of para-hydroxylation sites is 1. The van der Waals surface area contributed by atoms with Gasteiger partial charge in [0.25, 0.3) is 0 Å². The Morgan fingerprint density at radius 3 is 2.58 bits per heavy atom. The molecule has 0 unspecified atom stereocenters. The summed E-state index contributed by atoms with van der Waals surface area (Å²) >= 11 is 1.24. The van der Waals surface area contributed by atoms with Gasteiger partial charge in [0.2, 0.25) is 11.8 Å². The third-order valence-electron chi connectivity index (χ3n) is 3.46. The molecule has 2 amide bonds.